The smallest absolute Gasteiger partial charge is 0.300 e. The Bertz CT molecular complexity index is 470. The zero-order valence-corrected chi connectivity index (χ0v) is 12.6. The van der Waals surface area contributed by atoms with Crippen LogP contribution in [0, 0.1) is 0 Å². The molecule has 0 aromatic heterocycles. The molecule has 0 atom stereocenters. The highest BCUT2D eigenvalue weighted by atomic mass is 35.6. The van der Waals surface area contributed by atoms with Crippen molar-refractivity contribution in [1.82, 2.24) is 0 Å². The van der Waals surface area contributed by atoms with Crippen LogP contribution in [0.3, 0.4) is 0 Å². The second-order valence-electron chi connectivity index (χ2n) is 3.36. The first-order chi connectivity index (χ1) is 7.53. The molecular weight excluding hydrogens is 327 g/mol. The van der Waals surface area contributed by atoms with Gasteiger partial charge in [0.2, 0.25) is 3.79 Å². The minimum atomic E-state index is -3.48. The number of alkyl halides is 3. The van der Waals surface area contributed by atoms with Gasteiger partial charge in [0.25, 0.3) is 7.59 Å². The summed E-state index contributed by atoms with van der Waals surface area (Å²) in [6, 6.07) is 4.55. The number of benzene rings is 1. The summed E-state index contributed by atoms with van der Waals surface area (Å²) in [5.74, 6) is 0. The summed E-state index contributed by atoms with van der Waals surface area (Å²) in [4.78, 5) is 0. The molecule has 1 rings (SSSR count). The van der Waals surface area contributed by atoms with Gasteiger partial charge in [-0.1, -0.05) is 46.4 Å². The lowest BCUT2D eigenvalue weighted by Crippen LogP contribution is -2.26. The summed E-state index contributed by atoms with van der Waals surface area (Å²) in [6.07, 6.45) is 0. The van der Waals surface area contributed by atoms with Crippen LogP contribution in [0.5, 0.6) is 0 Å². The lowest BCUT2D eigenvalue weighted by molar-refractivity contribution is 0.575. The van der Waals surface area contributed by atoms with E-state index >= 15 is 0 Å². The zero-order chi connectivity index (χ0) is 13.4. The molecule has 0 fully saturated rings. The Morgan fingerprint density at radius 1 is 1.29 bits per heavy atom. The number of rotatable bonds is 2. The normalized spacial score (nSPS) is 12.6. The van der Waals surface area contributed by atoms with Crippen molar-refractivity contribution >= 4 is 59.7 Å². The van der Waals surface area contributed by atoms with Gasteiger partial charge in [-0.3, -0.25) is 15.6 Å². The first-order valence-corrected chi connectivity index (χ1v) is 7.62. The number of nitrogens with zero attached hydrogens (tertiary/aromatic N) is 1. The van der Waals surface area contributed by atoms with Crippen LogP contribution < -0.4 is 15.7 Å². The molecule has 0 spiro atoms. The van der Waals surface area contributed by atoms with Crippen molar-refractivity contribution < 1.29 is 4.57 Å². The van der Waals surface area contributed by atoms with Gasteiger partial charge in [-0.05, 0) is 18.2 Å². The number of hydrogen-bond acceptors (Lipinski definition) is 1. The fourth-order valence-corrected chi connectivity index (χ4v) is 2.32. The molecule has 0 aliphatic rings. The van der Waals surface area contributed by atoms with E-state index in [9.17, 15) is 4.57 Å². The topological polar surface area (TPSA) is 72.3 Å². The van der Waals surface area contributed by atoms with E-state index in [0.29, 0.717) is 10.7 Å². The number of anilines is 1. The van der Waals surface area contributed by atoms with E-state index in [2.05, 4.69) is 0 Å². The average Bonchev–Trinajstić information content (AvgIpc) is 2.14. The predicted octanol–water partition coefficient (Wildman–Crippen LogP) is 3.63. The molecule has 0 bridgehead atoms. The molecule has 0 amide bonds. The highest BCUT2D eigenvalue weighted by molar-refractivity contribution is 7.60. The van der Waals surface area contributed by atoms with Crippen LogP contribution in [0.15, 0.2) is 18.2 Å². The molecular formula is C8H10Cl4N3OP. The highest BCUT2D eigenvalue weighted by Gasteiger charge is 2.30. The summed E-state index contributed by atoms with van der Waals surface area (Å²) in [6.45, 7) is 0. The highest BCUT2D eigenvalue weighted by Crippen LogP contribution is 2.47. The van der Waals surface area contributed by atoms with Gasteiger partial charge in [0.05, 0.1) is 5.69 Å². The third kappa shape index (κ3) is 3.90. The predicted molar refractivity (Wildman–Crippen MR) is 75.1 cm³/mol. The van der Waals surface area contributed by atoms with Crippen molar-refractivity contribution in [3.8, 4) is 0 Å². The average molecular weight is 337 g/mol. The van der Waals surface area contributed by atoms with Gasteiger partial charge in [0.15, 0.2) is 0 Å². The SMILES string of the molecule is CN(c1ccc(Cl)cc1C(Cl)(Cl)Cl)P(N)(N)=O. The van der Waals surface area contributed by atoms with Gasteiger partial charge in [-0.15, -0.1) is 0 Å². The Labute approximate surface area is 119 Å². The van der Waals surface area contributed by atoms with Gasteiger partial charge in [-0.2, -0.15) is 0 Å². The number of nitrogens with two attached hydrogens (primary N) is 2. The van der Waals surface area contributed by atoms with E-state index in [1.807, 2.05) is 0 Å². The molecule has 0 heterocycles. The van der Waals surface area contributed by atoms with Crippen molar-refractivity contribution in [3.63, 3.8) is 0 Å². The molecule has 1 aromatic carbocycles. The quantitative estimate of drug-likeness (QED) is 0.639. The number of hydrogen-bond donors (Lipinski definition) is 2. The molecule has 0 unspecified atom stereocenters. The van der Waals surface area contributed by atoms with Crippen LogP contribution in [0.25, 0.3) is 0 Å². The summed E-state index contributed by atoms with van der Waals surface area (Å²) >= 11 is 23.2. The fraction of sp³-hybridized carbons (Fsp3) is 0.250. The maximum absolute atomic E-state index is 11.6. The summed E-state index contributed by atoms with van der Waals surface area (Å²) < 4.78 is 11.0. The van der Waals surface area contributed by atoms with Crippen molar-refractivity contribution in [1.29, 1.82) is 0 Å². The molecule has 0 aliphatic heterocycles. The standard InChI is InChI=1S/C8H10Cl4N3OP/c1-15(17(13,14)16)7-3-2-5(9)4-6(7)8(10,11)12/h2-4H,1H3,(H4,13,14,16). The van der Waals surface area contributed by atoms with Crippen LogP contribution >= 0.6 is 54.0 Å². The maximum atomic E-state index is 11.6. The summed E-state index contributed by atoms with van der Waals surface area (Å²) in [5.41, 5.74) is 11.3. The summed E-state index contributed by atoms with van der Waals surface area (Å²) in [5, 5.41) is 0.382. The minimum Gasteiger partial charge on any atom is -0.302 e. The molecule has 9 heteroatoms. The third-order valence-electron chi connectivity index (χ3n) is 2.08. The van der Waals surface area contributed by atoms with E-state index < -0.39 is 11.4 Å². The second kappa shape index (κ2) is 5.14. The Morgan fingerprint density at radius 2 is 1.82 bits per heavy atom. The first-order valence-electron chi connectivity index (χ1n) is 4.31. The van der Waals surface area contributed by atoms with E-state index in [0.717, 1.165) is 0 Å². The molecule has 1 aromatic rings. The Hall–Kier alpha value is 0.330. The van der Waals surface area contributed by atoms with E-state index in [1.165, 1.54) is 23.9 Å². The van der Waals surface area contributed by atoms with Crippen molar-refractivity contribution in [2.24, 2.45) is 11.0 Å². The van der Waals surface area contributed by atoms with Crippen molar-refractivity contribution in [2.75, 3.05) is 11.7 Å². The maximum Gasteiger partial charge on any atom is 0.300 e. The lowest BCUT2D eigenvalue weighted by Gasteiger charge is -2.27. The van der Waals surface area contributed by atoms with Crippen LogP contribution in [0.2, 0.25) is 5.02 Å². The lowest BCUT2D eigenvalue weighted by atomic mass is 10.2. The van der Waals surface area contributed by atoms with Gasteiger partial charge in [-0.25, -0.2) is 0 Å². The van der Waals surface area contributed by atoms with E-state index in [1.54, 1.807) is 6.07 Å². The van der Waals surface area contributed by atoms with Crippen LogP contribution in [0.4, 0.5) is 5.69 Å². The molecule has 17 heavy (non-hydrogen) atoms. The van der Waals surface area contributed by atoms with Crippen LogP contribution in [0.1, 0.15) is 5.56 Å². The summed E-state index contributed by atoms with van der Waals surface area (Å²) in [7, 11) is -2.03. The molecule has 0 saturated carbocycles. The second-order valence-corrected chi connectivity index (χ2v) is 8.02. The first kappa shape index (κ1) is 15.4. The van der Waals surface area contributed by atoms with Crippen LogP contribution in [-0.4, -0.2) is 7.05 Å². The van der Waals surface area contributed by atoms with Gasteiger partial charge < -0.3 is 4.67 Å². The third-order valence-corrected chi connectivity index (χ3v) is 4.08. The Balaban J connectivity index is 3.40. The molecule has 0 saturated heterocycles. The fourth-order valence-electron chi connectivity index (χ4n) is 1.19. The van der Waals surface area contributed by atoms with Crippen LogP contribution in [-0.2, 0) is 8.36 Å². The monoisotopic (exact) mass is 335 g/mol. The van der Waals surface area contributed by atoms with Gasteiger partial charge in [0, 0.05) is 17.6 Å². The molecule has 4 nitrogen and oxygen atoms in total. The van der Waals surface area contributed by atoms with Gasteiger partial charge >= 0.3 is 0 Å². The van der Waals surface area contributed by atoms with Crippen molar-refractivity contribution in [2.45, 2.75) is 3.79 Å². The number of halogens is 4. The molecule has 0 aliphatic carbocycles. The molecule has 4 N–H and O–H groups in total. The zero-order valence-electron chi connectivity index (χ0n) is 8.70. The largest absolute Gasteiger partial charge is 0.302 e. The van der Waals surface area contributed by atoms with E-state index in [4.69, 9.17) is 57.4 Å². The Morgan fingerprint density at radius 3 is 2.24 bits per heavy atom. The van der Waals surface area contributed by atoms with Crippen molar-refractivity contribution in [3.05, 3.63) is 28.8 Å². The Kier molecular flexibility index (Phi) is 4.65. The minimum absolute atomic E-state index is 0.258. The van der Waals surface area contributed by atoms with E-state index in [-0.39, 0.29) is 5.56 Å². The molecule has 0 radical (unpaired) electrons. The molecule has 96 valence electrons. The van der Waals surface area contributed by atoms with Gasteiger partial charge in [0.1, 0.15) is 0 Å².